The number of hydrogen-bond donors (Lipinski definition) is 1. The molecule has 0 bridgehead atoms. The van der Waals surface area contributed by atoms with Crippen molar-refractivity contribution in [1.29, 1.82) is 5.26 Å². The Bertz CT molecular complexity index is 132. The summed E-state index contributed by atoms with van der Waals surface area (Å²) < 4.78 is 0. The smallest absolute Gasteiger partial charge is 0.0698 e. The fourth-order valence-corrected chi connectivity index (χ4v) is 0.710. The molecule has 42 valence electrons. The van der Waals surface area contributed by atoms with Crippen LogP contribution < -0.4 is 5.32 Å². The van der Waals surface area contributed by atoms with Crippen LogP contribution in [0.25, 0.3) is 0 Å². The van der Waals surface area contributed by atoms with Crippen molar-refractivity contribution >= 4 is 0 Å². The van der Waals surface area contributed by atoms with E-state index in [9.17, 15) is 0 Å². The van der Waals surface area contributed by atoms with Crippen LogP contribution in [0.1, 0.15) is 6.42 Å². The number of nitrogens with one attached hydrogen (secondary N) is 1. The minimum Gasteiger partial charge on any atom is -0.391 e. The largest absolute Gasteiger partial charge is 0.391 e. The van der Waals surface area contributed by atoms with Crippen LogP contribution in [0.15, 0.2) is 12.3 Å². The van der Waals surface area contributed by atoms with Crippen LogP contribution >= 0.6 is 0 Å². The SMILES string of the molecule is N#CC1C=CNCC1. The van der Waals surface area contributed by atoms with E-state index in [0.717, 1.165) is 13.0 Å². The predicted molar refractivity (Wildman–Crippen MR) is 30.9 cm³/mol. The number of nitrogens with zero attached hydrogens (tertiary/aromatic N) is 1. The Morgan fingerprint density at radius 1 is 1.75 bits per heavy atom. The highest BCUT2D eigenvalue weighted by Gasteiger charge is 2.03. The van der Waals surface area contributed by atoms with Crippen molar-refractivity contribution in [2.24, 2.45) is 5.92 Å². The van der Waals surface area contributed by atoms with Crippen LogP contribution in [0.4, 0.5) is 0 Å². The first-order valence-electron chi connectivity index (χ1n) is 2.73. The average Bonchev–Trinajstić information content (AvgIpc) is 1.90. The van der Waals surface area contributed by atoms with Gasteiger partial charge in [0, 0.05) is 6.54 Å². The monoisotopic (exact) mass is 108 g/mol. The minimum atomic E-state index is 0.149. The average molecular weight is 108 g/mol. The molecule has 2 heteroatoms. The van der Waals surface area contributed by atoms with Gasteiger partial charge in [0.15, 0.2) is 0 Å². The standard InChI is InChI=1S/C6H8N2/c7-5-6-1-3-8-4-2-6/h1,3,6,8H,2,4H2. The van der Waals surface area contributed by atoms with Crippen molar-refractivity contribution in [2.45, 2.75) is 6.42 Å². The van der Waals surface area contributed by atoms with Crippen LogP contribution in [-0.2, 0) is 0 Å². The van der Waals surface area contributed by atoms with E-state index in [-0.39, 0.29) is 5.92 Å². The highest BCUT2D eigenvalue weighted by atomic mass is 14.8. The van der Waals surface area contributed by atoms with E-state index in [1.807, 2.05) is 12.3 Å². The topological polar surface area (TPSA) is 35.8 Å². The molecule has 1 aliphatic rings. The molecule has 0 spiro atoms. The lowest BCUT2D eigenvalue weighted by atomic mass is 10.1. The van der Waals surface area contributed by atoms with Gasteiger partial charge in [-0.2, -0.15) is 5.26 Å². The highest BCUT2D eigenvalue weighted by molar-refractivity contribution is 5.02. The first kappa shape index (κ1) is 5.17. The van der Waals surface area contributed by atoms with E-state index in [2.05, 4.69) is 11.4 Å². The molecule has 0 aliphatic carbocycles. The van der Waals surface area contributed by atoms with E-state index in [1.54, 1.807) is 0 Å². The van der Waals surface area contributed by atoms with Gasteiger partial charge >= 0.3 is 0 Å². The van der Waals surface area contributed by atoms with Crippen molar-refractivity contribution < 1.29 is 0 Å². The molecular formula is C6H8N2. The normalized spacial score (nSPS) is 26.1. The molecule has 8 heavy (non-hydrogen) atoms. The summed E-state index contributed by atoms with van der Waals surface area (Å²) in [5.74, 6) is 0.149. The molecule has 0 saturated carbocycles. The summed E-state index contributed by atoms with van der Waals surface area (Å²) in [5.41, 5.74) is 0. The van der Waals surface area contributed by atoms with E-state index in [0.29, 0.717) is 0 Å². The second kappa shape index (κ2) is 2.37. The molecule has 1 rings (SSSR count). The summed E-state index contributed by atoms with van der Waals surface area (Å²) in [6.45, 7) is 0.939. The zero-order valence-electron chi connectivity index (χ0n) is 4.59. The van der Waals surface area contributed by atoms with Crippen molar-refractivity contribution in [1.82, 2.24) is 5.32 Å². The molecule has 0 radical (unpaired) electrons. The maximum absolute atomic E-state index is 8.36. The van der Waals surface area contributed by atoms with Crippen molar-refractivity contribution in [3.63, 3.8) is 0 Å². The van der Waals surface area contributed by atoms with Gasteiger partial charge in [-0.3, -0.25) is 0 Å². The Kier molecular flexibility index (Phi) is 1.53. The lowest BCUT2D eigenvalue weighted by Crippen LogP contribution is -2.15. The second-order valence-electron chi connectivity index (χ2n) is 1.84. The summed E-state index contributed by atoms with van der Waals surface area (Å²) in [6.07, 6.45) is 4.69. The van der Waals surface area contributed by atoms with Crippen LogP contribution in [0.5, 0.6) is 0 Å². The molecule has 1 atom stereocenters. The van der Waals surface area contributed by atoms with Crippen LogP contribution in [-0.4, -0.2) is 6.54 Å². The zero-order valence-corrected chi connectivity index (χ0v) is 4.59. The molecule has 1 N–H and O–H groups in total. The summed E-state index contributed by atoms with van der Waals surface area (Å²) in [6, 6.07) is 2.18. The molecule has 0 aromatic carbocycles. The van der Waals surface area contributed by atoms with Gasteiger partial charge in [0.05, 0.1) is 12.0 Å². The van der Waals surface area contributed by atoms with E-state index in [1.165, 1.54) is 0 Å². The Morgan fingerprint density at radius 2 is 2.62 bits per heavy atom. The molecule has 1 heterocycles. The van der Waals surface area contributed by atoms with Crippen molar-refractivity contribution in [3.8, 4) is 6.07 Å². The third kappa shape index (κ3) is 1.00. The zero-order chi connectivity index (χ0) is 5.82. The van der Waals surface area contributed by atoms with Gasteiger partial charge in [-0.05, 0) is 12.6 Å². The Balaban J connectivity index is 2.46. The minimum absolute atomic E-state index is 0.149. The van der Waals surface area contributed by atoms with Gasteiger partial charge in [0.2, 0.25) is 0 Å². The number of nitriles is 1. The highest BCUT2D eigenvalue weighted by Crippen LogP contribution is 2.04. The van der Waals surface area contributed by atoms with E-state index < -0.39 is 0 Å². The van der Waals surface area contributed by atoms with Crippen LogP contribution in [0.3, 0.4) is 0 Å². The predicted octanol–water partition coefficient (Wildman–Crippen LogP) is 0.633. The Hall–Kier alpha value is -0.970. The number of hydrogen-bond acceptors (Lipinski definition) is 2. The first-order chi connectivity index (χ1) is 3.93. The third-order valence-electron chi connectivity index (χ3n) is 1.21. The Morgan fingerprint density at radius 3 is 3.00 bits per heavy atom. The Labute approximate surface area is 48.8 Å². The van der Waals surface area contributed by atoms with E-state index in [4.69, 9.17) is 5.26 Å². The summed E-state index contributed by atoms with van der Waals surface area (Å²) in [4.78, 5) is 0. The van der Waals surface area contributed by atoms with Crippen molar-refractivity contribution in [2.75, 3.05) is 6.54 Å². The van der Waals surface area contributed by atoms with Crippen molar-refractivity contribution in [3.05, 3.63) is 12.3 Å². The summed E-state index contributed by atoms with van der Waals surface area (Å²) in [7, 11) is 0. The van der Waals surface area contributed by atoms with Crippen LogP contribution in [0.2, 0.25) is 0 Å². The fourth-order valence-electron chi connectivity index (χ4n) is 0.710. The molecule has 0 aromatic heterocycles. The molecule has 0 amide bonds. The lowest BCUT2D eigenvalue weighted by molar-refractivity contribution is 0.644. The quantitative estimate of drug-likeness (QED) is 0.494. The van der Waals surface area contributed by atoms with Gasteiger partial charge in [0.25, 0.3) is 0 Å². The fraction of sp³-hybridized carbons (Fsp3) is 0.500. The van der Waals surface area contributed by atoms with Gasteiger partial charge in [0.1, 0.15) is 0 Å². The molecule has 0 fully saturated rings. The number of rotatable bonds is 0. The van der Waals surface area contributed by atoms with Gasteiger partial charge in [-0.25, -0.2) is 0 Å². The lowest BCUT2D eigenvalue weighted by Gasteiger charge is -2.08. The molecule has 1 unspecified atom stereocenters. The van der Waals surface area contributed by atoms with Crippen LogP contribution in [0, 0.1) is 17.2 Å². The molecule has 2 nitrogen and oxygen atoms in total. The van der Waals surface area contributed by atoms with Gasteiger partial charge < -0.3 is 5.32 Å². The molecular weight excluding hydrogens is 100 g/mol. The first-order valence-corrected chi connectivity index (χ1v) is 2.73. The van der Waals surface area contributed by atoms with E-state index >= 15 is 0 Å². The van der Waals surface area contributed by atoms with Gasteiger partial charge in [-0.1, -0.05) is 6.08 Å². The maximum atomic E-state index is 8.36. The third-order valence-corrected chi connectivity index (χ3v) is 1.21. The molecule has 1 aliphatic heterocycles. The molecule has 0 aromatic rings. The molecule has 0 saturated heterocycles. The number of allylic oxidation sites excluding steroid dienone is 1. The maximum Gasteiger partial charge on any atom is 0.0698 e. The van der Waals surface area contributed by atoms with Gasteiger partial charge in [-0.15, -0.1) is 0 Å². The summed E-state index contributed by atoms with van der Waals surface area (Å²) >= 11 is 0. The summed E-state index contributed by atoms with van der Waals surface area (Å²) in [5, 5.41) is 11.4. The second-order valence-corrected chi connectivity index (χ2v) is 1.84.